The second-order valence-corrected chi connectivity index (χ2v) is 7.77. The molecule has 10 heteroatoms. The molecule has 1 heterocycles. The summed E-state index contributed by atoms with van der Waals surface area (Å²) in [6.45, 7) is 3.29. The van der Waals surface area contributed by atoms with Gasteiger partial charge in [-0.25, -0.2) is 9.48 Å². The van der Waals surface area contributed by atoms with Gasteiger partial charge in [0.1, 0.15) is 18.1 Å². The van der Waals surface area contributed by atoms with Gasteiger partial charge in [0.25, 0.3) is 0 Å². The van der Waals surface area contributed by atoms with Gasteiger partial charge in [-0.15, -0.1) is 5.10 Å². The molecule has 2 N–H and O–H groups in total. The quantitative estimate of drug-likeness (QED) is 0.277. The smallest absolute Gasteiger partial charge is 0.336 e. The molecule has 0 radical (unpaired) electrons. The van der Waals surface area contributed by atoms with Crippen molar-refractivity contribution >= 4 is 17.4 Å². The highest BCUT2D eigenvalue weighted by Crippen LogP contribution is 2.27. The van der Waals surface area contributed by atoms with Crippen molar-refractivity contribution in [2.75, 3.05) is 44.7 Å². The molecule has 0 aliphatic rings. The molecule has 1 aromatic heterocycles. The van der Waals surface area contributed by atoms with Gasteiger partial charge >= 0.3 is 12.0 Å². The number of rotatable bonds is 11. The molecule has 0 unspecified atom stereocenters. The minimum absolute atomic E-state index is 0.222. The molecule has 0 saturated carbocycles. The van der Waals surface area contributed by atoms with E-state index < -0.39 is 0 Å². The maximum Gasteiger partial charge on any atom is 0.336 e. The maximum atomic E-state index is 12.6. The Labute approximate surface area is 215 Å². The van der Waals surface area contributed by atoms with Crippen molar-refractivity contribution < 1.29 is 23.7 Å². The molecule has 37 heavy (non-hydrogen) atoms. The van der Waals surface area contributed by atoms with E-state index in [1.54, 1.807) is 55.3 Å². The van der Waals surface area contributed by atoms with E-state index >= 15 is 0 Å². The molecule has 4 rings (SSSR count). The summed E-state index contributed by atoms with van der Waals surface area (Å²) >= 11 is 0. The molecule has 0 aliphatic heterocycles. The Morgan fingerprint density at radius 3 is 2.27 bits per heavy atom. The molecular formula is C27H29N5O5. The Kier molecular flexibility index (Phi) is 8.56. The largest absolute Gasteiger partial charge is 0.497 e. The summed E-state index contributed by atoms with van der Waals surface area (Å²) in [6.07, 6.45) is 0. The molecule has 0 saturated heterocycles. The Balaban J connectivity index is 1.57. The van der Waals surface area contributed by atoms with Crippen LogP contribution in [-0.4, -0.2) is 54.8 Å². The van der Waals surface area contributed by atoms with Crippen LogP contribution in [0.15, 0.2) is 72.8 Å². The average Bonchev–Trinajstić information content (AvgIpc) is 3.35. The Morgan fingerprint density at radius 1 is 0.865 bits per heavy atom. The van der Waals surface area contributed by atoms with Crippen molar-refractivity contribution in [3.05, 3.63) is 72.8 Å². The van der Waals surface area contributed by atoms with E-state index in [4.69, 9.17) is 18.9 Å². The van der Waals surface area contributed by atoms with Crippen LogP contribution in [-0.2, 0) is 4.74 Å². The van der Waals surface area contributed by atoms with E-state index in [2.05, 4.69) is 20.7 Å². The minimum atomic E-state index is -0.390. The molecule has 10 nitrogen and oxygen atoms in total. The summed E-state index contributed by atoms with van der Waals surface area (Å²) in [5.74, 6) is 1.96. The number of hydrogen-bond donors (Lipinski definition) is 2. The highest BCUT2D eigenvalue weighted by molar-refractivity contribution is 6.00. The SMILES string of the molecule is CCOCCOc1nc(-c2ccc(OC)cc2)n(-c2cccc(NC(=O)Nc3cccc(OC)c3)c2)n1. The first-order valence-electron chi connectivity index (χ1n) is 11.7. The van der Waals surface area contributed by atoms with Crippen LogP contribution in [0.5, 0.6) is 17.5 Å². The van der Waals surface area contributed by atoms with Gasteiger partial charge in [-0.3, -0.25) is 0 Å². The third-order valence-corrected chi connectivity index (χ3v) is 5.28. The lowest BCUT2D eigenvalue weighted by atomic mass is 10.2. The third-order valence-electron chi connectivity index (χ3n) is 5.28. The van der Waals surface area contributed by atoms with Crippen LogP contribution in [0.2, 0.25) is 0 Å². The predicted molar refractivity (Wildman–Crippen MR) is 141 cm³/mol. The van der Waals surface area contributed by atoms with Gasteiger partial charge in [-0.1, -0.05) is 12.1 Å². The highest BCUT2D eigenvalue weighted by Gasteiger charge is 2.16. The average molecular weight is 504 g/mol. The van der Waals surface area contributed by atoms with Crippen LogP contribution in [0.3, 0.4) is 0 Å². The molecule has 2 amide bonds. The summed E-state index contributed by atoms with van der Waals surface area (Å²) in [5, 5.41) is 10.2. The molecule has 0 spiro atoms. The van der Waals surface area contributed by atoms with Gasteiger partial charge in [0.05, 0.1) is 26.5 Å². The molecule has 0 atom stereocenters. The number of ether oxygens (including phenoxy) is 4. The first-order valence-corrected chi connectivity index (χ1v) is 11.7. The topological polar surface area (TPSA) is 109 Å². The maximum absolute atomic E-state index is 12.6. The Hall–Kier alpha value is -4.57. The highest BCUT2D eigenvalue weighted by atomic mass is 16.5. The number of carbonyl (C=O) groups is 1. The fourth-order valence-corrected chi connectivity index (χ4v) is 3.51. The normalized spacial score (nSPS) is 10.6. The van der Waals surface area contributed by atoms with Crippen molar-refractivity contribution in [1.29, 1.82) is 0 Å². The van der Waals surface area contributed by atoms with Crippen LogP contribution in [0, 0.1) is 0 Å². The number of anilines is 2. The summed E-state index contributed by atoms with van der Waals surface area (Å²) in [5.41, 5.74) is 2.70. The third kappa shape index (κ3) is 6.77. The van der Waals surface area contributed by atoms with Crippen LogP contribution in [0.1, 0.15) is 6.92 Å². The standard InChI is InChI=1S/C27H29N5O5/c1-4-36-15-16-37-27-30-25(19-11-13-23(34-2)14-12-19)32(31-27)22-9-5-7-20(17-22)28-26(33)29-21-8-6-10-24(18-21)35-3/h5-14,17-18H,4,15-16H2,1-3H3,(H2,28,29,33). The second kappa shape index (κ2) is 12.4. The Bertz CT molecular complexity index is 1320. The van der Waals surface area contributed by atoms with Gasteiger partial charge in [0.2, 0.25) is 0 Å². The summed E-state index contributed by atoms with van der Waals surface area (Å²) in [7, 11) is 3.19. The number of nitrogens with zero attached hydrogens (tertiary/aromatic N) is 3. The number of hydrogen-bond acceptors (Lipinski definition) is 7. The molecule has 192 valence electrons. The van der Waals surface area contributed by atoms with Crippen LogP contribution in [0.25, 0.3) is 17.1 Å². The van der Waals surface area contributed by atoms with Crippen molar-refractivity contribution in [3.8, 4) is 34.6 Å². The van der Waals surface area contributed by atoms with Crippen molar-refractivity contribution in [2.24, 2.45) is 0 Å². The number of methoxy groups -OCH3 is 2. The number of urea groups is 1. The van der Waals surface area contributed by atoms with E-state index in [9.17, 15) is 4.79 Å². The zero-order valence-corrected chi connectivity index (χ0v) is 20.9. The molecular weight excluding hydrogens is 474 g/mol. The molecule has 3 aromatic carbocycles. The molecule has 0 bridgehead atoms. The molecule has 0 fully saturated rings. The predicted octanol–water partition coefficient (Wildman–Crippen LogP) is 5.01. The Morgan fingerprint density at radius 2 is 1.57 bits per heavy atom. The first-order chi connectivity index (χ1) is 18.1. The van der Waals surface area contributed by atoms with Crippen LogP contribution >= 0.6 is 0 Å². The van der Waals surface area contributed by atoms with E-state index in [1.807, 2.05) is 43.3 Å². The van der Waals surface area contributed by atoms with Crippen molar-refractivity contribution in [2.45, 2.75) is 6.92 Å². The van der Waals surface area contributed by atoms with Gasteiger partial charge in [-0.2, -0.15) is 4.98 Å². The van der Waals surface area contributed by atoms with E-state index in [0.717, 1.165) is 11.3 Å². The lowest BCUT2D eigenvalue weighted by Gasteiger charge is -2.11. The van der Waals surface area contributed by atoms with E-state index in [-0.39, 0.29) is 12.0 Å². The first kappa shape index (κ1) is 25.5. The summed E-state index contributed by atoms with van der Waals surface area (Å²) < 4.78 is 23.2. The van der Waals surface area contributed by atoms with Crippen molar-refractivity contribution in [1.82, 2.24) is 14.8 Å². The number of amides is 2. The molecule has 4 aromatic rings. The van der Waals surface area contributed by atoms with Gasteiger partial charge < -0.3 is 29.6 Å². The van der Waals surface area contributed by atoms with Gasteiger partial charge in [0, 0.05) is 29.6 Å². The zero-order valence-electron chi connectivity index (χ0n) is 20.9. The zero-order chi connectivity index (χ0) is 26.0. The summed E-state index contributed by atoms with van der Waals surface area (Å²) in [4.78, 5) is 17.2. The molecule has 0 aliphatic carbocycles. The van der Waals surface area contributed by atoms with Crippen LogP contribution < -0.4 is 24.8 Å². The van der Waals surface area contributed by atoms with Crippen LogP contribution in [0.4, 0.5) is 16.2 Å². The lowest BCUT2D eigenvalue weighted by molar-refractivity contribution is 0.106. The number of carbonyl (C=O) groups excluding carboxylic acids is 1. The lowest BCUT2D eigenvalue weighted by Crippen LogP contribution is -2.19. The van der Waals surface area contributed by atoms with Gasteiger partial charge in [0.15, 0.2) is 5.82 Å². The minimum Gasteiger partial charge on any atom is -0.497 e. The monoisotopic (exact) mass is 503 g/mol. The number of nitrogens with one attached hydrogen (secondary N) is 2. The van der Waals surface area contributed by atoms with E-state index in [0.29, 0.717) is 48.5 Å². The van der Waals surface area contributed by atoms with E-state index in [1.165, 1.54) is 0 Å². The fraction of sp³-hybridized carbons (Fsp3) is 0.222. The van der Waals surface area contributed by atoms with Gasteiger partial charge in [-0.05, 0) is 61.5 Å². The number of aromatic nitrogens is 3. The number of benzene rings is 3. The summed E-state index contributed by atoms with van der Waals surface area (Å²) in [6, 6.07) is 21.7. The second-order valence-electron chi connectivity index (χ2n) is 7.77. The van der Waals surface area contributed by atoms with Crippen molar-refractivity contribution in [3.63, 3.8) is 0 Å². The fourth-order valence-electron chi connectivity index (χ4n) is 3.51.